The quantitative estimate of drug-likeness (QED) is 0.498. The summed E-state index contributed by atoms with van der Waals surface area (Å²) >= 11 is 1.34. The van der Waals surface area contributed by atoms with Gasteiger partial charge >= 0.3 is 5.97 Å². The maximum atomic E-state index is 12.6. The summed E-state index contributed by atoms with van der Waals surface area (Å²) in [6, 6.07) is 9.15. The molecule has 6 nitrogen and oxygen atoms in total. The van der Waals surface area contributed by atoms with Gasteiger partial charge in [-0.1, -0.05) is 6.07 Å². The molecule has 0 bridgehead atoms. The number of esters is 1. The molecule has 1 N–H and O–H groups in total. The van der Waals surface area contributed by atoms with Gasteiger partial charge in [0.2, 0.25) is 0 Å². The van der Waals surface area contributed by atoms with Crippen LogP contribution in [0.5, 0.6) is 5.75 Å². The highest BCUT2D eigenvalue weighted by Crippen LogP contribution is 2.33. The predicted octanol–water partition coefficient (Wildman–Crippen LogP) is 5.58. The summed E-state index contributed by atoms with van der Waals surface area (Å²) in [5.41, 5.74) is 3.53. The number of ether oxygens (including phenoxy) is 2. The van der Waals surface area contributed by atoms with Crippen molar-refractivity contribution in [1.29, 1.82) is 0 Å². The van der Waals surface area contributed by atoms with E-state index in [0.29, 0.717) is 16.3 Å². The third kappa shape index (κ3) is 4.74. The van der Waals surface area contributed by atoms with Crippen LogP contribution >= 0.6 is 11.3 Å². The normalized spacial score (nSPS) is 10.7. The highest BCUT2D eigenvalue weighted by Gasteiger charge is 2.23. The Hall–Kier alpha value is -3.06. The molecule has 0 unspecified atom stereocenters. The number of benzene rings is 1. The highest BCUT2D eigenvalue weighted by molar-refractivity contribution is 7.16. The molecular weight excluding hydrogens is 402 g/mol. The number of hydrogen-bond donors (Lipinski definition) is 1. The molecule has 0 radical (unpaired) electrons. The van der Waals surface area contributed by atoms with Gasteiger partial charge in [-0.3, -0.25) is 4.79 Å². The fraction of sp³-hybridized carbons (Fsp3) is 0.304. The van der Waals surface area contributed by atoms with Crippen molar-refractivity contribution in [2.24, 2.45) is 0 Å². The number of carbonyl (C=O) groups is 2. The lowest BCUT2D eigenvalue weighted by Crippen LogP contribution is -2.14. The van der Waals surface area contributed by atoms with Crippen LogP contribution in [0.4, 0.5) is 5.00 Å². The minimum atomic E-state index is -0.448. The smallest absolute Gasteiger partial charge is 0.341 e. The summed E-state index contributed by atoms with van der Waals surface area (Å²) in [6.45, 7) is 10.0. The van der Waals surface area contributed by atoms with Crippen LogP contribution in [0.15, 0.2) is 34.7 Å². The number of nitrogens with one attached hydrogen (secondary N) is 1. The molecule has 30 heavy (non-hydrogen) atoms. The van der Waals surface area contributed by atoms with Gasteiger partial charge in [-0.15, -0.1) is 11.3 Å². The molecule has 1 aromatic carbocycles. The lowest BCUT2D eigenvalue weighted by atomic mass is 10.1. The minimum absolute atomic E-state index is 0.146. The van der Waals surface area contributed by atoms with E-state index < -0.39 is 11.9 Å². The number of hydrogen-bond acceptors (Lipinski definition) is 6. The van der Waals surface area contributed by atoms with E-state index in [1.54, 1.807) is 19.1 Å². The first kappa shape index (κ1) is 21.6. The summed E-state index contributed by atoms with van der Waals surface area (Å²) in [5, 5.41) is 3.23. The van der Waals surface area contributed by atoms with E-state index >= 15 is 0 Å². The van der Waals surface area contributed by atoms with Crippen LogP contribution in [0, 0.1) is 27.7 Å². The highest BCUT2D eigenvalue weighted by atomic mass is 32.1. The Morgan fingerprint density at radius 2 is 1.83 bits per heavy atom. The molecular formula is C23H25NO5S. The summed E-state index contributed by atoms with van der Waals surface area (Å²) in [5.74, 6) is 0.537. The number of thiophene rings is 1. The minimum Gasteiger partial charge on any atom is -0.486 e. The number of carbonyl (C=O) groups excluding carboxylic acids is 2. The van der Waals surface area contributed by atoms with Gasteiger partial charge in [-0.05, 0) is 75.6 Å². The maximum Gasteiger partial charge on any atom is 0.341 e. The maximum absolute atomic E-state index is 12.6. The van der Waals surface area contributed by atoms with Gasteiger partial charge < -0.3 is 19.2 Å². The Kier molecular flexibility index (Phi) is 6.62. The molecule has 0 aliphatic rings. The molecule has 2 aromatic heterocycles. The summed E-state index contributed by atoms with van der Waals surface area (Å²) < 4.78 is 16.5. The molecule has 0 aliphatic heterocycles. The van der Waals surface area contributed by atoms with Gasteiger partial charge in [0.05, 0.1) is 12.2 Å². The molecule has 0 spiro atoms. The second-order valence-electron chi connectivity index (χ2n) is 6.96. The van der Waals surface area contributed by atoms with Crippen molar-refractivity contribution in [3.05, 3.63) is 69.0 Å². The van der Waals surface area contributed by atoms with E-state index in [0.717, 1.165) is 21.8 Å². The number of anilines is 1. The fourth-order valence-electron chi connectivity index (χ4n) is 2.86. The molecule has 0 aliphatic carbocycles. The van der Waals surface area contributed by atoms with Gasteiger partial charge in [0.1, 0.15) is 23.1 Å². The van der Waals surface area contributed by atoms with Crippen molar-refractivity contribution in [3.63, 3.8) is 0 Å². The molecule has 1 amide bonds. The predicted molar refractivity (Wildman–Crippen MR) is 117 cm³/mol. The average molecular weight is 428 g/mol. The van der Waals surface area contributed by atoms with Gasteiger partial charge in [-0.2, -0.15) is 0 Å². The monoisotopic (exact) mass is 427 g/mol. The molecule has 7 heteroatoms. The van der Waals surface area contributed by atoms with Crippen LogP contribution in [0.1, 0.15) is 55.2 Å². The Bertz CT molecular complexity index is 1080. The standard InChI is InChI=1S/C23H25NO5S/c1-6-27-23(26)20-15(4)16(5)30-22(20)24-21(25)19-10-9-18(29-19)12-28-17-8-7-13(2)14(3)11-17/h7-11H,6,12H2,1-5H3,(H,24,25). The Balaban J connectivity index is 1.69. The zero-order chi connectivity index (χ0) is 21.8. The van der Waals surface area contributed by atoms with E-state index in [1.165, 1.54) is 16.9 Å². The van der Waals surface area contributed by atoms with Gasteiger partial charge in [-0.25, -0.2) is 4.79 Å². The lowest BCUT2D eigenvalue weighted by Gasteiger charge is -2.07. The summed E-state index contributed by atoms with van der Waals surface area (Å²) in [6.07, 6.45) is 0. The molecule has 0 fully saturated rings. The molecule has 0 atom stereocenters. The van der Waals surface area contributed by atoms with E-state index in [9.17, 15) is 9.59 Å². The SMILES string of the molecule is CCOC(=O)c1c(NC(=O)c2ccc(COc3ccc(C)c(C)c3)o2)sc(C)c1C. The first-order valence-electron chi connectivity index (χ1n) is 9.67. The Morgan fingerprint density at radius 3 is 2.53 bits per heavy atom. The van der Waals surface area contributed by atoms with Crippen molar-refractivity contribution in [3.8, 4) is 5.75 Å². The summed E-state index contributed by atoms with van der Waals surface area (Å²) in [4.78, 5) is 25.9. The van der Waals surface area contributed by atoms with Crippen LogP contribution < -0.4 is 10.1 Å². The largest absolute Gasteiger partial charge is 0.486 e. The van der Waals surface area contributed by atoms with Crippen LogP contribution in [0.3, 0.4) is 0 Å². The molecule has 2 heterocycles. The Labute approximate surface area is 179 Å². The van der Waals surface area contributed by atoms with Gasteiger partial charge in [0, 0.05) is 4.88 Å². The van der Waals surface area contributed by atoms with E-state index in [1.807, 2.05) is 45.9 Å². The molecule has 3 rings (SSSR count). The summed E-state index contributed by atoms with van der Waals surface area (Å²) in [7, 11) is 0. The first-order valence-corrected chi connectivity index (χ1v) is 10.5. The zero-order valence-corrected chi connectivity index (χ0v) is 18.6. The second kappa shape index (κ2) is 9.17. The van der Waals surface area contributed by atoms with Crippen LogP contribution in [-0.2, 0) is 11.3 Å². The third-order valence-corrected chi connectivity index (χ3v) is 5.96. The van der Waals surface area contributed by atoms with Gasteiger partial charge in [0.15, 0.2) is 5.76 Å². The molecule has 158 valence electrons. The Morgan fingerprint density at radius 1 is 1.07 bits per heavy atom. The number of aryl methyl sites for hydroxylation is 3. The van der Waals surface area contributed by atoms with E-state index in [-0.39, 0.29) is 19.0 Å². The third-order valence-electron chi connectivity index (χ3n) is 4.84. The van der Waals surface area contributed by atoms with Crippen molar-refractivity contribution < 1.29 is 23.5 Å². The first-order chi connectivity index (χ1) is 14.3. The lowest BCUT2D eigenvalue weighted by molar-refractivity contribution is 0.0527. The van der Waals surface area contributed by atoms with Gasteiger partial charge in [0.25, 0.3) is 5.91 Å². The van der Waals surface area contributed by atoms with E-state index in [2.05, 4.69) is 5.32 Å². The topological polar surface area (TPSA) is 77.8 Å². The average Bonchev–Trinajstić information content (AvgIpc) is 3.28. The van der Waals surface area contributed by atoms with Crippen molar-refractivity contribution in [2.75, 3.05) is 11.9 Å². The number of amides is 1. The number of rotatable bonds is 7. The van der Waals surface area contributed by atoms with Crippen molar-refractivity contribution in [2.45, 2.75) is 41.2 Å². The number of furan rings is 1. The van der Waals surface area contributed by atoms with Crippen LogP contribution in [-0.4, -0.2) is 18.5 Å². The van der Waals surface area contributed by atoms with E-state index in [4.69, 9.17) is 13.9 Å². The molecule has 0 saturated carbocycles. The molecule has 0 saturated heterocycles. The van der Waals surface area contributed by atoms with Crippen LogP contribution in [0.25, 0.3) is 0 Å². The fourth-order valence-corrected chi connectivity index (χ4v) is 3.91. The van der Waals surface area contributed by atoms with Crippen molar-refractivity contribution >= 4 is 28.2 Å². The molecule has 3 aromatic rings. The zero-order valence-electron chi connectivity index (χ0n) is 17.8. The second-order valence-corrected chi connectivity index (χ2v) is 8.19. The van der Waals surface area contributed by atoms with Crippen LogP contribution in [0.2, 0.25) is 0 Å². The van der Waals surface area contributed by atoms with Crippen molar-refractivity contribution in [1.82, 2.24) is 0 Å².